The fourth-order valence-electron chi connectivity index (χ4n) is 3.90. The van der Waals surface area contributed by atoms with E-state index in [1.54, 1.807) is 16.4 Å². The van der Waals surface area contributed by atoms with Crippen LogP contribution in [0.1, 0.15) is 30.4 Å². The van der Waals surface area contributed by atoms with Gasteiger partial charge in [-0.15, -0.1) is 0 Å². The maximum atomic E-state index is 12.9. The minimum atomic E-state index is -3.39. The Balaban J connectivity index is 1.89. The third-order valence-electron chi connectivity index (χ3n) is 4.95. The molecule has 3 atom stereocenters. The lowest BCUT2D eigenvalue weighted by Gasteiger charge is -2.29. The van der Waals surface area contributed by atoms with Crippen molar-refractivity contribution < 1.29 is 8.42 Å². The molecule has 3 rings (SSSR count). The Morgan fingerprint density at radius 3 is 2.38 bits per heavy atom. The summed E-state index contributed by atoms with van der Waals surface area (Å²) in [6.45, 7) is 5.09. The van der Waals surface area contributed by atoms with E-state index in [1.165, 1.54) is 0 Å². The van der Waals surface area contributed by atoms with Crippen molar-refractivity contribution in [1.82, 2.24) is 4.31 Å². The Morgan fingerprint density at radius 1 is 1.10 bits per heavy atom. The summed E-state index contributed by atoms with van der Waals surface area (Å²) in [5.74, 6) is 0.772. The zero-order chi connectivity index (χ0) is 15.2. The number of rotatable bonds is 2. The summed E-state index contributed by atoms with van der Waals surface area (Å²) in [6, 6.07) is 5.69. The second-order valence-corrected chi connectivity index (χ2v) is 8.60. The van der Waals surface area contributed by atoms with E-state index in [2.05, 4.69) is 0 Å². The zero-order valence-electron chi connectivity index (χ0n) is 12.7. The average molecular weight is 308 g/mol. The van der Waals surface area contributed by atoms with Crippen LogP contribution < -0.4 is 5.73 Å². The van der Waals surface area contributed by atoms with Gasteiger partial charge in [-0.25, -0.2) is 8.42 Å². The molecule has 1 aromatic rings. The Bertz CT molecular complexity index is 621. The first-order valence-corrected chi connectivity index (χ1v) is 9.16. The standard InChI is InChI=1S/C16H24N2O2S/c1-11-6-12(2)8-14(7-11)21(19,20)18-9-13-4-3-5-16(17)15(13)10-18/h6-8,13,15-16H,3-5,9-10,17H2,1-2H3. The highest BCUT2D eigenvalue weighted by Gasteiger charge is 2.43. The molecule has 2 aliphatic rings. The summed E-state index contributed by atoms with van der Waals surface area (Å²) in [4.78, 5) is 0.423. The quantitative estimate of drug-likeness (QED) is 0.909. The predicted molar refractivity (Wildman–Crippen MR) is 83.5 cm³/mol. The van der Waals surface area contributed by atoms with Crippen molar-refractivity contribution in [2.24, 2.45) is 17.6 Å². The Kier molecular flexibility index (Phi) is 3.84. The van der Waals surface area contributed by atoms with E-state index in [0.29, 0.717) is 29.8 Å². The van der Waals surface area contributed by atoms with E-state index in [1.807, 2.05) is 19.9 Å². The molecule has 5 heteroatoms. The summed E-state index contributed by atoms with van der Waals surface area (Å²) in [5.41, 5.74) is 8.17. The molecule has 1 heterocycles. The van der Waals surface area contributed by atoms with Gasteiger partial charge in [0.1, 0.15) is 0 Å². The molecule has 4 nitrogen and oxygen atoms in total. The maximum Gasteiger partial charge on any atom is 0.243 e. The van der Waals surface area contributed by atoms with Crippen LogP contribution in [-0.4, -0.2) is 31.9 Å². The molecule has 0 aromatic heterocycles. The monoisotopic (exact) mass is 308 g/mol. The van der Waals surface area contributed by atoms with E-state index in [-0.39, 0.29) is 6.04 Å². The van der Waals surface area contributed by atoms with Gasteiger partial charge in [0.05, 0.1) is 4.90 Å². The lowest BCUT2D eigenvalue weighted by atomic mass is 9.78. The molecule has 2 N–H and O–H groups in total. The zero-order valence-corrected chi connectivity index (χ0v) is 13.6. The second kappa shape index (κ2) is 5.38. The smallest absolute Gasteiger partial charge is 0.243 e. The molecule has 2 fully saturated rings. The van der Waals surface area contributed by atoms with Crippen LogP contribution in [0.4, 0.5) is 0 Å². The molecule has 3 unspecified atom stereocenters. The molecular weight excluding hydrogens is 284 g/mol. The van der Waals surface area contributed by atoms with Crippen LogP contribution in [-0.2, 0) is 10.0 Å². The van der Waals surface area contributed by atoms with Crippen molar-refractivity contribution in [1.29, 1.82) is 0 Å². The van der Waals surface area contributed by atoms with Crippen LogP contribution >= 0.6 is 0 Å². The minimum absolute atomic E-state index is 0.156. The van der Waals surface area contributed by atoms with Crippen LogP contribution in [0.2, 0.25) is 0 Å². The number of nitrogens with zero attached hydrogens (tertiary/aromatic N) is 1. The number of sulfonamides is 1. The lowest BCUT2D eigenvalue weighted by Crippen LogP contribution is -2.38. The number of aryl methyl sites for hydroxylation is 2. The minimum Gasteiger partial charge on any atom is -0.327 e. The van der Waals surface area contributed by atoms with Crippen LogP contribution in [0, 0.1) is 25.7 Å². The lowest BCUT2D eigenvalue weighted by molar-refractivity contribution is 0.260. The topological polar surface area (TPSA) is 63.4 Å². The molecule has 116 valence electrons. The van der Waals surface area contributed by atoms with E-state index in [4.69, 9.17) is 5.73 Å². The number of fused-ring (bicyclic) bond motifs is 1. The average Bonchev–Trinajstić information content (AvgIpc) is 2.83. The number of hydrogen-bond acceptors (Lipinski definition) is 3. The first-order valence-electron chi connectivity index (χ1n) is 7.72. The van der Waals surface area contributed by atoms with Crippen molar-refractivity contribution in [3.05, 3.63) is 29.3 Å². The molecule has 1 aromatic carbocycles. The van der Waals surface area contributed by atoms with E-state index in [0.717, 1.165) is 30.4 Å². The van der Waals surface area contributed by atoms with Crippen molar-refractivity contribution in [3.8, 4) is 0 Å². The normalized spacial score (nSPS) is 30.3. The largest absolute Gasteiger partial charge is 0.327 e. The maximum absolute atomic E-state index is 12.9. The Labute approximate surface area is 127 Å². The van der Waals surface area contributed by atoms with Crippen LogP contribution in [0.3, 0.4) is 0 Å². The van der Waals surface area contributed by atoms with E-state index >= 15 is 0 Å². The molecule has 1 saturated heterocycles. The molecule has 0 spiro atoms. The Hall–Kier alpha value is -0.910. The molecule has 0 radical (unpaired) electrons. The van der Waals surface area contributed by atoms with E-state index < -0.39 is 10.0 Å². The van der Waals surface area contributed by atoms with Gasteiger partial charge in [-0.05, 0) is 61.8 Å². The third kappa shape index (κ3) is 2.74. The number of hydrogen-bond donors (Lipinski definition) is 1. The molecule has 1 saturated carbocycles. The van der Waals surface area contributed by atoms with Crippen LogP contribution in [0.25, 0.3) is 0 Å². The summed E-state index contributed by atoms with van der Waals surface area (Å²) in [7, 11) is -3.39. The first-order chi connectivity index (χ1) is 9.88. The van der Waals surface area contributed by atoms with Gasteiger partial charge in [0.25, 0.3) is 0 Å². The highest BCUT2D eigenvalue weighted by molar-refractivity contribution is 7.89. The predicted octanol–water partition coefficient (Wildman–Crippen LogP) is 2.05. The second-order valence-electron chi connectivity index (χ2n) is 6.66. The van der Waals surface area contributed by atoms with Gasteiger partial charge in [-0.3, -0.25) is 0 Å². The molecule has 1 aliphatic heterocycles. The van der Waals surface area contributed by atoms with Gasteiger partial charge in [0, 0.05) is 19.1 Å². The first kappa shape index (κ1) is 15.0. The highest BCUT2D eigenvalue weighted by atomic mass is 32.2. The van der Waals surface area contributed by atoms with Crippen molar-refractivity contribution in [2.45, 2.75) is 44.0 Å². The van der Waals surface area contributed by atoms with Crippen molar-refractivity contribution >= 4 is 10.0 Å². The number of nitrogens with two attached hydrogens (primary N) is 1. The summed E-state index contributed by atoms with van der Waals surface area (Å²) < 4.78 is 27.4. The summed E-state index contributed by atoms with van der Waals surface area (Å²) in [5, 5.41) is 0. The van der Waals surface area contributed by atoms with Crippen LogP contribution in [0.15, 0.2) is 23.1 Å². The Morgan fingerprint density at radius 2 is 1.76 bits per heavy atom. The molecule has 0 bridgehead atoms. The highest BCUT2D eigenvalue weighted by Crippen LogP contribution is 2.37. The third-order valence-corrected chi connectivity index (χ3v) is 6.76. The molecule has 0 amide bonds. The summed E-state index contributed by atoms with van der Waals surface area (Å²) >= 11 is 0. The fraction of sp³-hybridized carbons (Fsp3) is 0.625. The van der Waals surface area contributed by atoms with E-state index in [9.17, 15) is 8.42 Å². The van der Waals surface area contributed by atoms with Gasteiger partial charge >= 0.3 is 0 Å². The van der Waals surface area contributed by atoms with Gasteiger partial charge in [-0.1, -0.05) is 12.5 Å². The molecule has 1 aliphatic carbocycles. The molecular formula is C16H24N2O2S. The van der Waals surface area contributed by atoms with Gasteiger partial charge in [0.15, 0.2) is 0 Å². The number of benzene rings is 1. The fourth-order valence-corrected chi connectivity index (χ4v) is 5.63. The summed E-state index contributed by atoms with van der Waals surface area (Å²) in [6.07, 6.45) is 3.26. The van der Waals surface area contributed by atoms with Crippen molar-refractivity contribution in [2.75, 3.05) is 13.1 Å². The molecule has 21 heavy (non-hydrogen) atoms. The van der Waals surface area contributed by atoms with Gasteiger partial charge in [-0.2, -0.15) is 4.31 Å². The SMILES string of the molecule is Cc1cc(C)cc(S(=O)(=O)N2CC3CCCC(N)C3C2)c1. The van der Waals surface area contributed by atoms with Crippen LogP contribution in [0.5, 0.6) is 0 Å². The van der Waals surface area contributed by atoms with Gasteiger partial charge < -0.3 is 5.73 Å². The van der Waals surface area contributed by atoms with Gasteiger partial charge in [0.2, 0.25) is 10.0 Å². The van der Waals surface area contributed by atoms with Crippen molar-refractivity contribution in [3.63, 3.8) is 0 Å².